The second kappa shape index (κ2) is 10.0. The molecule has 1 N–H and O–H groups in total. The van der Waals surface area contributed by atoms with Crippen molar-refractivity contribution in [3.8, 4) is 0 Å². The minimum atomic E-state index is -0.126. The molecule has 2 aromatic heterocycles. The van der Waals surface area contributed by atoms with Crippen LogP contribution in [0.15, 0.2) is 34.2 Å². The van der Waals surface area contributed by atoms with Crippen LogP contribution < -0.4 is 15.8 Å². The lowest BCUT2D eigenvalue weighted by atomic mass is 10.00. The van der Waals surface area contributed by atoms with E-state index in [0.29, 0.717) is 22.0 Å². The molecule has 1 aliphatic rings. The monoisotopic (exact) mass is 471 g/mol. The fourth-order valence-electron chi connectivity index (χ4n) is 3.79. The first-order chi connectivity index (χ1) is 15.4. The van der Waals surface area contributed by atoms with Crippen LogP contribution in [0, 0.1) is 12.8 Å². The molecular weight excluding hydrogens is 442 g/mol. The summed E-state index contributed by atoms with van der Waals surface area (Å²) in [4.78, 5) is 37.4. The second-order valence-corrected chi connectivity index (χ2v) is 10.3. The summed E-state index contributed by atoms with van der Waals surface area (Å²) in [6.45, 7) is 8.79. The highest BCUT2D eigenvalue weighted by molar-refractivity contribution is 7.99. The minimum absolute atomic E-state index is 0.0624. The standard InChI is InChI=1S/C23H29N5O2S2/c1-4-10-28-21(30)19-20(25-22(32-19)27-11-8-15(2)9-12-27)26-23(28)31-14-18(29)24-17-7-5-6-16(3)13-17/h5-7,13,15H,4,8-12,14H2,1-3H3,(H,24,29). The SMILES string of the molecule is CCCn1c(SCC(=O)Nc2cccc(C)c2)nc2nc(N3CCC(C)CC3)sc2c1=O. The molecule has 0 bridgehead atoms. The van der Waals surface area contributed by atoms with Crippen LogP contribution in [-0.4, -0.2) is 39.3 Å². The third-order valence-electron chi connectivity index (χ3n) is 5.61. The number of hydrogen-bond donors (Lipinski definition) is 1. The smallest absolute Gasteiger partial charge is 0.273 e. The molecule has 3 heterocycles. The number of thioether (sulfide) groups is 1. The molecular formula is C23H29N5O2S2. The minimum Gasteiger partial charge on any atom is -0.348 e. The van der Waals surface area contributed by atoms with Crippen molar-refractivity contribution in [2.75, 3.05) is 29.1 Å². The first kappa shape index (κ1) is 22.8. The Labute approximate surface area is 196 Å². The van der Waals surface area contributed by atoms with Crippen molar-refractivity contribution in [3.05, 3.63) is 40.2 Å². The summed E-state index contributed by atoms with van der Waals surface area (Å²) in [5.41, 5.74) is 2.28. The van der Waals surface area contributed by atoms with Crippen LogP contribution >= 0.6 is 23.1 Å². The van der Waals surface area contributed by atoms with Crippen LogP contribution in [0.3, 0.4) is 0 Å². The fraction of sp³-hybridized carbons (Fsp3) is 0.478. The normalized spacial score (nSPS) is 14.8. The number of piperidine rings is 1. The van der Waals surface area contributed by atoms with Gasteiger partial charge in [0.15, 0.2) is 15.9 Å². The summed E-state index contributed by atoms with van der Waals surface area (Å²) in [6, 6.07) is 7.69. The molecule has 4 rings (SSSR count). The average molecular weight is 472 g/mol. The summed E-state index contributed by atoms with van der Waals surface area (Å²) in [5.74, 6) is 0.783. The van der Waals surface area contributed by atoms with Gasteiger partial charge in [-0.15, -0.1) is 0 Å². The molecule has 0 unspecified atom stereocenters. The maximum atomic E-state index is 13.2. The number of aryl methyl sites for hydroxylation is 1. The van der Waals surface area contributed by atoms with Crippen molar-refractivity contribution in [1.29, 1.82) is 0 Å². The van der Waals surface area contributed by atoms with E-state index in [1.165, 1.54) is 23.1 Å². The number of carbonyl (C=O) groups is 1. The van der Waals surface area contributed by atoms with Gasteiger partial charge in [-0.05, 0) is 49.8 Å². The number of fused-ring (bicyclic) bond motifs is 1. The van der Waals surface area contributed by atoms with Crippen molar-refractivity contribution >= 4 is 50.2 Å². The quantitative estimate of drug-likeness (QED) is 0.403. The van der Waals surface area contributed by atoms with Gasteiger partial charge in [0.2, 0.25) is 5.91 Å². The van der Waals surface area contributed by atoms with Gasteiger partial charge in [-0.2, -0.15) is 4.98 Å². The number of aromatic nitrogens is 3. The second-order valence-electron chi connectivity index (χ2n) is 8.38. The Morgan fingerprint density at radius 2 is 2.06 bits per heavy atom. The molecule has 0 atom stereocenters. The maximum absolute atomic E-state index is 13.2. The van der Waals surface area contributed by atoms with Crippen LogP contribution in [0.4, 0.5) is 10.8 Å². The molecule has 1 fully saturated rings. The van der Waals surface area contributed by atoms with Crippen molar-refractivity contribution < 1.29 is 4.79 Å². The molecule has 7 nitrogen and oxygen atoms in total. The number of hydrogen-bond acceptors (Lipinski definition) is 7. The summed E-state index contributed by atoms with van der Waals surface area (Å²) in [6.07, 6.45) is 3.09. The topological polar surface area (TPSA) is 80.1 Å². The number of carbonyl (C=O) groups excluding carboxylic acids is 1. The third-order valence-corrected chi connectivity index (χ3v) is 7.68. The van der Waals surface area contributed by atoms with E-state index in [2.05, 4.69) is 17.1 Å². The van der Waals surface area contributed by atoms with Crippen LogP contribution in [0.1, 0.15) is 38.7 Å². The highest BCUT2D eigenvalue weighted by atomic mass is 32.2. The fourth-order valence-corrected chi connectivity index (χ4v) is 5.61. The Morgan fingerprint density at radius 3 is 2.78 bits per heavy atom. The van der Waals surface area contributed by atoms with Crippen LogP contribution in [-0.2, 0) is 11.3 Å². The number of thiazole rings is 1. The molecule has 0 aliphatic carbocycles. The summed E-state index contributed by atoms with van der Waals surface area (Å²) < 4.78 is 2.29. The molecule has 0 radical (unpaired) electrons. The molecule has 0 spiro atoms. The molecule has 1 aromatic carbocycles. The highest BCUT2D eigenvalue weighted by Gasteiger charge is 2.22. The molecule has 0 saturated carbocycles. The number of benzene rings is 1. The lowest BCUT2D eigenvalue weighted by molar-refractivity contribution is -0.113. The zero-order chi connectivity index (χ0) is 22.7. The number of amides is 1. The number of anilines is 2. The molecule has 1 aliphatic heterocycles. The van der Waals surface area contributed by atoms with E-state index in [0.717, 1.165) is 54.7 Å². The Morgan fingerprint density at radius 1 is 1.28 bits per heavy atom. The van der Waals surface area contributed by atoms with Gasteiger partial charge >= 0.3 is 0 Å². The first-order valence-electron chi connectivity index (χ1n) is 11.1. The maximum Gasteiger partial charge on any atom is 0.273 e. The Balaban J connectivity index is 1.55. The summed E-state index contributed by atoms with van der Waals surface area (Å²) in [5, 5.41) is 4.33. The van der Waals surface area contributed by atoms with Crippen LogP contribution in [0.2, 0.25) is 0 Å². The average Bonchev–Trinajstić information content (AvgIpc) is 3.19. The number of nitrogens with one attached hydrogen (secondary N) is 1. The van der Waals surface area contributed by atoms with E-state index < -0.39 is 0 Å². The lowest BCUT2D eigenvalue weighted by Crippen LogP contribution is -2.32. The predicted molar refractivity (Wildman–Crippen MR) is 133 cm³/mol. The van der Waals surface area contributed by atoms with Gasteiger partial charge in [-0.1, -0.05) is 49.1 Å². The largest absolute Gasteiger partial charge is 0.348 e. The van der Waals surface area contributed by atoms with Crippen molar-refractivity contribution in [3.63, 3.8) is 0 Å². The van der Waals surface area contributed by atoms with E-state index >= 15 is 0 Å². The van der Waals surface area contributed by atoms with E-state index in [1.54, 1.807) is 4.57 Å². The molecule has 170 valence electrons. The van der Waals surface area contributed by atoms with Gasteiger partial charge in [0.25, 0.3) is 5.56 Å². The molecule has 1 amide bonds. The van der Waals surface area contributed by atoms with Gasteiger partial charge in [-0.3, -0.25) is 14.2 Å². The van der Waals surface area contributed by atoms with Crippen molar-refractivity contribution in [1.82, 2.24) is 14.5 Å². The third kappa shape index (κ3) is 5.15. The van der Waals surface area contributed by atoms with Gasteiger partial charge < -0.3 is 10.2 Å². The van der Waals surface area contributed by atoms with E-state index in [-0.39, 0.29) is 17.2 Å². The lowest BCUT2D eigenvalue weighted by Gasteiger charge is -2.29. The van der Waals surface area contributed by atoms with E-state index in [1.807, 2.05) is 38.1 Å². The van der Waals surface area contributed by atoms with Gasteiger partial charge in [-0.25, -0.2) is 4.98 Å². The molecule has 32 heavy (non-hydrogen) atoms. The Hall–Kier alpha value is -2.39. The van der Waals surface area contributed by atoms with Gasteiger partial charge in [0, 0.05) is 25.3 Å². The van der Waals surface area contributed by atoms with Crippen molar-refractivity contribution in [2.45, 2.75) is 51.7 Å². The number of rotatable bonds is 7. The van der Waals surface area contributed by atoms with Gasteiger partial charge in [0.1, 0.15) is 4.70 Å². The molecule has 9 heteroatoms. The Kier molecular flexibility index (Phi) is 7.15. The molecule has 1 saturated heterocycles. The zero-order valence-electron chi connectivity index (χ0n) is 18.8. The van der Waals surface area contributed by atoms with Crippen molar-refractivity contribution in [2.24, 2.45) is 5.92 Å². The van der Waals surface area contributed by atoms with E-state index in [4.69, 9.17) is 9.97 Å². The van der Waals surface area contributed by atoms with Crippen LogP contribution in [0.5, 0.6) is 0 Å². The first-order valence-corrected chi connectivity index (χ1v) is 12.9. The van der Waals surface area contributed by atoms with Gasteiger partial charge in [0.05, 0.1) is 5.75 Å². The zero-order valence-corrected chi connectivity index (χ0v) is 20.4. The number of nitrogens with zero attached hydrogens (tertiary/aromatic N) is 4. The predicted octanol–water partition coefficient (Wildman–Crippen LogP) is 4.54. The summed E-state index contributed by atoms with van der Waals surface area (Å²) in [7, 11) is 0. The Bertz CT molecular complexity index is 1160. The highest BCUT2D eigenvalue weighted by Crippen LogP contribution is 2.30. The summed E-state index contributed by atoms with van der Waals surface area (Å²) >= 11 is 2.72. The van der Waals surface area contributed by atoms with E-state index in [9.17, 15) is 9.59 Å². The van der Waals surface area contributed by atoms with Crippen LogP contribution in [0.25, 0.3) is 10.3 Å². The molecule has 3 aromatic rings.